The molecule has 1 saturated carbocycles. The molecule has 40 heavy (non-hydrogen) atoms. The maximum Gasteiger partial charge on any atom is 0.453 e. The average Bonchev–Trinajstić information content (AvgIpc) is 3.50. The fourth-order valence-corrected chi connectivity index (χ4v) is 5.85. The lowest BCUT2D eigenvalue weighted by Crippen LogP contribution is -2.36. The number of aromatic nitrogens is 4. The Morgan fingerprint density at radius 2 is 1.88 bits per heavy atom. The van der Waals surface area contributed by atoms with Crippen LogP contribution in [0.15, 0.2) is 23.0 Å². The molecule has 1 aliphatic rings. The lowest BCUT2D eigenvalue weighted by molar-refractivity contribution is -0.284. The summed E-state index contributed by atoms with van der Waals surface area (Å²) in [5.41, 5.74) is 0.621. The van der Waals surface area contributed by atoms with E-state index in [1.165, 1.54) is 22.7 Å². The number of halogens is 5. The Bertz CT molecular complexity index is 1530. The van der Waals surface area contributed by atoms with Gasteiger partial charge in [0.05, 0.1) is 23.6 Å². The Morgan fingerprint density at radius 3 is 2.52 bits per heavy atom. The molecule has 0 spiro atoms. The van der Waals surface area contributed by atoms with Gasteiger partial charge in [-0.15, -0.1) is 5.10 Å². The van der Waals surface area contributed by atoms with Crippen LogP contribution < -0.4 is 15.0 Å². The van der Waals surface area contributed by atoms with Crippen molar-refractivity contribution >= 4 is 21.2 Å². The van der Waals surface area contributed by atoms with E-state index in [4.69, 9.17) is 4.74 Å². The van der Waals surface area contributed by atoms with Crippen molar-refractivity contribution in [3.63, 3.8) is 0 Å². The third-order valence-corrected chi connectivity index (χ3v) is 8.08. The third kappa shape index (κ3) is 6.39. The highest BCUT2D eigenvalue weighted by atomic mass is 32.2. The summed E-state index contributed by atoms with van der Waals surface area (Å²) in [6.45, 7) is 3.93. The van der Waals surface area contributed by atoms with E-state index >= 15 is 0 Å². The van der Waals surface area contributed by atoms with Crippen LogP contribution in [0.25, 0.3) is 16.9 Å². The first-order chi connectivity index (χ1) is 18.7. The first-order valence-corrected chi connectivity index (χ1v) is 14.6. The zero-order chi connectivity index (χ0) is 29.3. The van der Waals surface area contributed by atoms with Crippen molar-refractivity contribution in [3.05, 3.63) is 40.1 Å². The second-order valence-corrected chi connectivity index (χ2v) is 11.7. The fourth-order valence-electron chi connectivity index (χ4n) is 4.74. The number of fused-ring (bicyclic) bond motifs is 1. The van der Waals surface area contributed by atoms with Crippen LogP contribution in [-0.4, -0.2) is 52.5 Å². The van der Waals surface area contributed by atoms with E-state index in [9.17, 15) is 35.2 Å². The molecule has 15 heteroatoms. The fraction of sp³-hybridized carbons (Fsp3) is 0.560. The number of anilines is 1. The molecule has 1 aromatic carbocycles. The van der Waals surface area contributed by atoms with E-state index in [1.54, 1.807) is 6.92 Å². The molecule has 9 nitrogen and oxygen atoms in total. The van der Waals surface area contributed by atoms with E-state index in [2.05, 4.69) is 19.8 Å². The van der Waals surface area contributed by atoms with E-state index in [0.29, 0.717) is 35.8 Å². The van der Waals surface area contributed by atoms with Gasteiger partial charge in [-0.2, -0.15) is 22.0 Å². The van der Waals surface area contributed by atoms with Crippen molar-refractivity contribution in [2.45, 2.75) is 76.8 Å². The Balaban J connectivity index is 1.67. The lowest BCUT2D eigenvalue weighted by atomic mass is 10.1. The molecule has 3 aromatic rings. The SMILES string of the molecule is CCCOc1ccc(NS(=O)(=O)CCCC(F)(F)C(F)(F)F)cc1-c1nn2c(C3CCCC3)nc(C)c2c(=O)[nH]1. The summed E-state index contributed by atoms with van der Waals surface area (Å²) >= 11 is 0. The topological polar surface area (TPSA) is 118 Å². The van der Waals surface area contributed by atoms with E-state index in [0.717, 1.165) is 25.7 Å². The number of H-pyrrole nitrogens is 1. The van der Waals surface area contributed by atoms with Gasteiger partial charge in [0.2, 0.25) is 10.0 Å². The zero-order valence-corrected chi connectivity index (χ0v) is 22.8. The van der Waals surface area contributed by atoms with Crippen molar-refractivity contribution < 1.29 is 35.1 Å². The number of hydrogen-bond donors (Lipinski definition) is 2. The van der Waals surface area contributed by atoms with Gasteiger partial charge in [0, 0.05) is 18.0 Å². The minimum atomic E-state index is -5.76. The van der Waals surface area contributed by atoms with Crippen molar-refractivity contribution in [1.82, 2.24) is 19.6 Å². The number of sulfonamides is 1. The van der Waals surface area contributed by atoms with Gasteiger partial charge in [0.25, 0.3) is 5.56 Å². The molecule has 0 bridgehead atoms. The highest BCUT2D eigenvalue weighted by Gasteiger charge is 2.56. The van der Waals surface area contributed by atoms with E-state index in [-0.39, 0.29) is 23.0 Å². The summed E-state index contributed by atoms with van der Waals surface area (Å²) in [4.78, 5) is 20.4. The molecule has 1 aliphatic carbocycles. The molecular formula is C25H30F5N5O4S. The van der Waals surface area contributed by atoms with Crippen LogP contribution in [0.1, 0.15) is 69.3 Å². The lowest BCUT2D eigenvalue weighted by Gasteiger charge is -2.19. The predicted octanol–water partition coefficient (Wildman–Crippen LogP) is 5.56. The Morgan fingerprint density at radius 1 is 1.18 bits per heavy atom. The Kier molecular flexibility index (Phi) is 8.43. The van der Waals surface area contributed by atoms with Gasteiger partial charge < -0.3 is 9.72 Å². The summed E-state index contributed by atoms with van der Waals surface area (Å²) in [5.74, 6) is -4.75. The highest BCUT2D eigenvalue weighted by molar-refractivity contribution is 7.92. The molecule has 0 atom stereocenters. The molecule has 0 aliphatic heterocycles. The van der Waals surface area contributed by atoms with Crippen LogP contribution in [0.2, 0.25) is 0 Å². The molecule has 0 amide bonds. The molecule has 0 unspecified atom stereocenters. The van der Waals surface area contributed by atoms with Gasteiger partial charge in [-0.3, -0.25) is 9.52 Å². The number of nitrogens with zero attached hydrogens (tertiary/aromatic N) is 3. The summed E-state index contributed by atoms with van der Waals surface area (Å²) in [7, 11) is -4.29. The maximum atomic E-state index is 13.2. The van der Waals surface area contributed by atoms with Crippen molar-refractivity contribution in [3.8, 4) is 17.1 Å². The van der Waals surface area contributed by atoms with Gasteiger partial charge >= 0.3 is 12.1 Å². The summed E-state index contributed by atoms with van der Waals surface area (Å²) in [6.07, 6.45) is -3.76. The smallest absolute Gasteiger partial charge is 0.453 e. The van der Waals surface area contributed by atoms with Crippen LogP contribution in [0.4, 0.5) is 27.6 Å². The molecule has 2 heterocycles. The molecular weight excluding hydrogens is 561 g/mol. The minimum absolute atomic E-state index is 0.0120. The summed E-state index contributed by atoms with van der Waals surface area (Å²) in [6, 6.07) is 4.18. The van der Waals surface area contributed by atoms with Crippen LogP contribution in [0, 0.1) is 6.92 Å². The van der Waals surface area contributed by atoms with Crippen molar-refractivity contribution in [2.24, 2.45) is 0 Å². The van der Waals surface area contributed by atoms with Crippen molar-refractivity contribution in [1.29, 1.82) is 0 Å². The number of aromatic amines is 1. The summed E-state index contributed by atoms with van der Waals surface area (Å²) in [5, 5.41) is 4.63. The van der Waals surface area contributed by atoms with Crippen LogP contribution >= 0.6 is 0 Å². The molecule has 220 valence electrons. The minimum Gasteiger partial charge on any atom is -0.493 e. The number of aryl methyl sites for hydroxylation is 1. The second kappa shape index (κ2) is 11.3. The average molecular weight is 592 g/mol. The quantitative estimate of drug-likeness (QED) is 0.282. The molecule has 0 saturated heterocycles. The third-order valence-electron chi connectivity index (χ3n) is 6.71. The van der Waals surface area contributed by atoms with Gasteiger partial charge in [-0.1, -0.05) is 19.8 Å². The van der Waals surface area contributed by atoms with Gasteiger partial charge in [-0.25, -0.2) is 17.9 Å². The first-order valence-electron chi connectivity index (χ1n) is 12.9. The first kappa shape index (κ1) is 29.7. The molecule has 4 rings (SSSR count). The Labute approximate surface area is 227 Å². The monoisotopic (exact) mass is 591 g/mol. The molecule has 1 fully saturated rings. The highest BCUT2D eigenvalue weighted by Crippen LogP contribution is 2.39. The number of ether oxygens (including phenoxy) is 1. The largest absolute Gasteiger partial charge is 0.493 e. The number of rotatable bonds is 11. The molecule has 2 N–H and O–H groups in total. The number of hydrogen-bond acceptors (Lipinski definition) is 6. The van der Waals surface area contributed by atoms with E-state index < -0.39 is 46.3 Å². The number of alkyl halides is 5. The molecule has 2 aromatic heterocycles. The van der Waals surface area contributed by atoms with Crippen LogP contribution in [-0.2, 0) is 10.0 Å². The number of imidazole rings is 1. The summed E-state index contributed by atoms with van der Waals surface area (Å²) < 4.78 is 98.1. The van der Waals surface area contributed by atoms with Crippen LogP contribution in [0.5, 0.6) is 5.75 Å². The number of nitrogens with one attached hydrogen (secondary N) is 2. The van der Waals surface area contributed by atoms with E-state index in [1.807, 2.05) is 6.92 Å². The number of benzene rings is 1. The van der Waals surface area contributed by atoms with Crippen LogP contribution in [0.3, 0.4) is 0 Å². The predicted molar refractivity (Wildman–Crippen MR) is 138 cm³/mol. The second-order valence-electron chi connectivity index (χ2n) is 9.89. The normalized spacial score (nSPS) is 15.2. The zero-order valence-electron chi connectivity index (χ0n) is 21.9. The Hall–Kier alpha value is -3.23. The van der Waals surface area contributed by atoms with Gasteiger partial charge in [0.1, 0.15) is 11.6 Å². The molecule has 0 radical (unpaired) electrons. The maximum absolute atomic E-state index is 13.2. The van der Waals surface area contributed by atoms with Gasteiger partial charge in [0.15, 0.2) is 11.3 Å². The van der Waals surface area contributed by atoms with Gasteiger partial charge in [-0.05, 0) is 50.8 Å². The van der Waals surface area contributed by atoms with Crippen molar-refractivity contribution in [2.75, 3.05) is 17.1 Å². The standard InChI is InChI=1S/C25H30F5N5O4S/c1-3-12-39-19-10-9-17(34-40(37,38)13-6-11-24(26,27)25(28,29)30)14-18(19)21-32-23(36)20-15(2)31-22(35(20)33-21)16-7-4-5-8-16/h9-10,14,16,34H,3-8,11-13H2,1-2H3,(H,32,33,36).